The molecular formula is C23H22Cl2N3O3P. The van der Waals surface area contributed by atoms with Crippen molar-refractivity contribution in [3.63, 3.8) is 0 Å². The number of hydrogen-bond donors (Lipinski definition) is 1. The number of amides is 1. The van der Waals surface area contributed by atoms with E-state index in [1.165, 1.54) is 6.20 Å². The molecule has 1 aromatic heterocycles. The van der Waals surface area contributed by atoms with Gasteiger partial charge in [0.1, 0.15) is 5.69 Å². The van der Waals surface area contributed by atoms with Crippen LogP contribution in [0.4, 0.5) is 0 Å². The highest BCUT2D eigenvalue weighted by Crippen LogP contribution is 2.30. The van der Waals surface area contributed by atoms with E-state index in [9.17, 15) is 9.36 Å². The zero-order valence-electron chi connectivity index (χ0n) is 17.6. The third-order valence-corrected chi connectivity index (χ3v) is 5.42. The Bertz CT molecular complexity index is 1080. The number of rotatable bonds is 9. The highest BCUT2D eigenvalue weighted by atomic mass is 35.5. The summed E-state index contributed by atoms with van der Waals surface area (Å²) in [7, 11) is -0.424. The van der Waals surface area contributed by atoms with Gasteiger partial charge in [0, 0.05) is 21.2 Å². The number of aromatic nitrogens is 2. The minimum atomic E-state index is -0.424. The molecule has 32 heavy (non-hydrogen) atoms. The van der Waals surface area contributed by atoms with E-state index in [1.54, 1.807) is 24.3 Å². The lowest BCUT2D eigenvalue weighted by atomic mass is 10.0. The maximum Gasteiger partial charge on any atom is 0.327 e. The van der Waals surface area contributed by atoms with Crippen molar-refractivity contribution in [3.05, 3.63) is 70.5 Å². The lowest BCUT2D eigenvalue weighted by Gasteiger charge is -2.19. The van der Waals surface area contributed by atoms with Crippen LogP contribution < -0.4 is 5.32 Å². The van der Waals surface area contributed by atoms with E-state index in [0.29, 0.717) is 33.8 Å². The van der Waals surface area contributed by atoms with Gasteiger partial charge in [-0.15, -0.1) is 0 Å². The molecule has 1 amide bonds. The molecule has 1 heterocycles. The number of nitrogens with one attached hydrogen (secondary N) is 1. The van der Waals surface area contributed by atoms with Crippen molar-refractivity contribution in [2.75, 3.05) is 6.61 Å². The van der Waals surface area contributed by atoms with Gasteiger partial charge in [0.25, 0.3) is 5.91 Å². The molecule has 0 unspecified atom stereocenters. The van der Waals surface area contributed by atoms with Crippen molar-refractivity contribution in [3.8, 4) is 22.5 Å². The average molecular weight is 490 g/mol. The molecule has 0 saturated heterocycles. The summed E-state index contributed by atoms with van der Waals surface area (Å²) in [5, 5.41) is 4.11. The summed E-state index contributed by atoms with van der Waals surface area (Å²) in [6.07, 6.45) is 2.11. The molecule has 0 aliphatic carbocycles. The third-order valence-electron chi connectivity index (χ3n) is 4.66. The van der Waals surface area contributed by atoms with Crippen LogP contribution in [0.1, 0.15) is 30.8 Å². The average Bonchev–Trinajstić information content (AvgIpc) is 2.78. The maximum absolute atomic E-state index is 12.9. The number of nitrogens with zero attached hydrogens (tertiary/aromatic N) is 2. The van der Waals surface area contributed by atoms with Crippen molar-refractivity contribution < 1.29 is 13.9 Å². The number of carbonyl (C=O) groups is 1. The lowest BCUT2D eigenvalue weighted by Crippen LogP contribution is -2.39. The molecule has 166 valence electrons. The van der Waals surface area contributed by atoms with E-state index in [0.717, 1.165) is 11.1 Å². The van der Waals surface area contributed by atoms with Gasteiger partial charge in [0.2, 0.25) is 0 Å². The van der Waals surface area contributed by atoms with Crippen LogP contribution in [0.15, 0.2) is 54.7 Å². The minimum absolute atomic E-state index is 0.134. The Morgan fingerprint density at radius 1 is 1.00 bits per heavy atom. The second kappa shape index (κ2) is 11.5. The molecule has 0 saturated carbocycles. The van der Waals surface area contributed by atoms with Gasteiger partial charge in [-0.2, -0.15) is 0 Å². The Balaban J connectivity index is 1.97. The Morgan fingerprint density at radius 2 is 1.56 bits per heavy atom. The van der Waals surface area contributed by atoms with E-state index in [1.807, 2.05) is 38.1 Å². The first-order valence-electron chi connectivity index (χ1n) is 10.0. The summed E-state index contributed by atoms with van der Waals surface area (Å²) in [5.74, 6) is -0.0672. The predicted molar refractivity (Wildman–Crippen MR) is 127 cm³/mol. The standard InChI is InChI=1S/C23H22Cl2N3O3P/c1-14(2)11-19(13-31-32-30)27-23(29)20-12-26-21(15-3-7-17(24)8-4-15)22(28-20)16-5-9-18(25)10-6-16/h3-10,12,14,19H,11,13H2,1-2H3,(H,27,29)/t19-/m0/s1. The lowest BCUT2D eigenvalue weighted by molar-refractivity contribution is 0.0911. The van der Waals surface area contributed by atoms with Crippen LogP contribution in [0.25, 0.3) is 22.5 Å². The van der Waals surface area contributed by atoms with E-state index in [-0.39, 0.29) is 24.2 Å². The summed E-state index contributed by atoms with van der Waals surface area (Å²) >= 11 is 12.1. The second-order valence-electron chi connectivity index (χ2n) is 7.64. The summed E-state index contributed by atoms with van der Waals surface area (Å²) in [5.41, 5.74) is 2.92. The highest BCUT2D eigenvalue weighted by Gasteiger charge is 2.20. The maximum atomic E-state index is 12.9. The molecule has 0 spiro atoms. The molecule has 0 fully saturated rings. The quantitative estimate of drug-likeness (QED) is 0.347. The number of halogens is 2. The van der Waals surface area contributed by atoms with Gasteiger partial charge in [0.15, 0.2) is 0 Å². The van der Waals surface area contributed by atoms with Crippen LogP contribution in [0.5, 0.6) is 0 Å². The third kappa shape index (κ3) is 6.57. The Labute approximate surface area is 198 Å². The Kier molecular flexibility index (Phi) is 8.71. The van der Waals surface area contributed by atoms with Crippen molar-refractivity contribution in [2.24, 2.45) is 5.92 Å². The molecule has 2 aromatic carbocycles. The first-order chi connectivity index (χ1) is 15.4. The molecule has 1 N–H and O–H groups in total. The summed E-state index contributed by atoms with van der Waals surface area (Å²) < 4.78 is 15.7. The summed E-state index contributed by atoms with van der Waals surface area (Å²) in [4.78, 5) is 22.1. The number of hydrogen-bond acceptors (Lipinski definition) is 5. The van der Waals surface area contributed by atoms with Crippen LogP contribution in [0.3, 0.4) is 0 Å². The van der Waals surface area contributed by atoms with E-state index >= 15 is 0 Å². The Morgan fingerprint density at radius 3 is 2.09 bits per heavy atom. The molecule has 3 aromatic rings. The van der Waals surface area contributed by atoms with E-state index in [4.69, 9.17) is 27.7 Å². The minimum Gasteiger partial charge on any atom is -0.346 e. The van der Waals surface area contributed by atoms with Crippen LogP contribution >= 0.6 is 31.9 Å². The van der Waals surface area contributed by atoms with Gasteiger partial charge in [-0.3, -0.25) is 14.3 Å². The summed E-state index contributed by atoms with van der Waals surface area (Å²) in [6, 6.07) is 14.1. The zero-order chi connectivity index (χ0) is 23.1. The molecule has 0 aliphatic rings. The molecule has 1 atom stereocenters. The van der Waals surface area contributed by atoms with Crippen LogP contribution in [-0.4, -0.2) is 28.5 Å². The molecule has 0 radical (unpaired) electrons. The van der Waals surface area contributed by atoms with E-state index < -0.39 is 8.69 Å². The van der Waals surface area contributed by atoms with Gasteiger partial charge >= 0.3 is 8.69 Å². The van der Waals surface area contributed by atoms with E-state index in [2.05, 4.69) is 15.3 Å². The fourth-order valence-electron chi connectivity index (χ4n) is 3.24. The SMILES string of the molecule is CC(C)C[C@@H](COP=O)NC(=O)c1cnc(-c2ccc(Cl)cc2)c(-c2ccc(Cl)cc2)n1. The van der Waals surface area contributed by atoms with Gasteiger partial charge in [-0.25, -0.2) is 9.55 Å². The first kappa shape index (κ1) is 24.3. The molecule has 3 rings (SSSR count). The van der Waals surface area contributed by atoms with Crippen LogP contribution in [0, 0.1) is 5.92 Å². The van der Waals surface area contributed by atoms with Crippen molar-refractivity contribution >= 4 is 37.8 Å². The smallest absolute Gasteiger partial charge is 0.327 e. The topological polar surface area (TPSA) is 81.2 Å². The van der Waals surface area contributed by atoms with Crippen molar-refractivity contribution in [1.29, 1.82) is 0 Å². The van der Waals surface area contributed by atoms with Gasteiger partial charge in [-0.1, -0.05) is 61.3 Å². The van der Waals surface area contributed by atoms with Crippen molar-refractivity contribution in [2.45, 2.75) is 26.3 Å². The molecule has 0 bridgehead atoms. The van der Waals surface area contributed by atoms with Crippen LogP contribution in [-0.2, 0) is 9.09 Å². The van der Waals surface area contributed by atoms with Gasteiger partial charge in [-0.05, 0) is 36.6 Å². The molecule has 6 nitrogen and oxygen atoms in total. The van der Waals surface area contributed by atoms with Crippen molar-refractivity contribution in [1.82, 2.24) is 15.3 Å². The highest BCUT2D eigenvalue weighted by molar-refractivity contribution is 7.17. The monoisotopic (exact) mass is 489 g/mol. The largest absolute Gasteiger partial charge is 0.346 e. The van der Waals surface area contributed by atoms with Gasteiger partial charge < -0.3 is 5.32 Å². The summed E-state index contributed by atoms with van der Waals surface area (Å²) in [6.45, 7) is 4.20. The number of benzene rings is 2. The fraction of sp³-hybridized carbons (Fsp3) is 0.261. The fourth-order valence-corrected chi connectivity index (χ4v) is 3.74. The normalized spacial score (nSPS) is 12.2. The Hall–Kier alpha value is -2.37. The second-order valence-corrected chi connectivity index (χ2v) is 8.92. The number of carbonyl (C=O) groups excluding carboxylic acids is 1. The van der Waals surface area contributed by atoms with Crippen LogP contribution in [0.2, 0.25) is 10.0 Å². The predicted octanol–water partition coefficient (Wildman–Crippen LogP) is 6.49. The molecule has 0 aliphatic heterocycles. The van der Waals surface area contributed by atoms with Gasteiger partial charge in [0.05, 0.1) is 30.2 Å². The zero-order valence-corrected chi connectivity index (χ0v) is 20.0. The first-order valence-corrected chi connectivity index (χ1v) is 11.5. The molecule has 9 heteroatoms. The molecular weight excluding hydrogens is 468 g/mol.